The summed E-state index contributed by atoms with van der Waals surface area (Å²) in [4.78, 5) is 38.0. The van der Waals surface area contributed by atoms with E-state index in [1.54, 1.807) is 0 Å². The Hall–Kier alpha value is -2.37. The summed E-state index contributed by atoms with van der Waals surface area (Å²) in [6, 6.07) is 0. The topological polar surface area (TPSA) is 78.9 Å². The first kappa shape index (κ1) is 78.6. The van der Waals surface area contributed by atoms with Crippen molar-refractivity contribution in [2.75, 3.05) is 13.2 Å². The molecule has 0 aromatic carbocycles. The van der Waals surface area contributed by atoms with E-state index in [0.29, 0.717) is 19.3 Å². The molecule has 0 N–H and O–H groups in total. The molecule has 476 valence electrons. The lowest BCUT2D eigenvalue weighted by Gasteiger charge is -2.18. The van der Waals surface area contributed by atoms with E-state index in [4.69, 9.17) is 14.2 Å². The Kier molecular flexibility index (Phi) is 68.1. The van der Waals surface area contributed by atoms with Crippen molar-refractivity contribution in [2.24, 2.45) is 0 Å². The van der Waals surface area contributed by atoms with Crippen LogP contribution in [-0.2, 0) is 28.6 Å². The molecule has 0 bridgehead atoms. The Morgan fingerprint density at radius 3 is 0.691 bits per heavy atom. The van der Waals surface area contributed by atoms with E-state index >= 15 is 0 Å². The van der Waals surface area contributed by atoms with E-state index in [-0.39, 0.29) is 31.1 Å². The fraction of sp³-hybridized carbons (Fsp3) is 0.880. The summed E-state index contributed by atoms with van der Waals surface area (Å²) in [5.74, 6) is -0.855. The van der Waals surface area contributed by atoms with Gasteiger partial charge in [0.2, 0.25) is 0 Å². The van der Waals surface area contributed by atoms with Crippen LogP contribution in [-0.4, -0.2) is 37.2 Å². The van der Waals surface area contributed by atoms with Crippen molar-refractivity contribution in [2.45, 2.75) is 412 Å². The molecule has 0 aliphatic carbocycles. The summed E-state index contributed by atoms with van der Waals surface area (Å²) < 4.78 is 16.8. The van der Waals surface area contributed by atoms with Gasteiger partial charge >= 0.3 is 17.9 Å². The standard InChI is InChI=1S/C75H140O6/c1-4-7-10-13-15-17-19-21-23-25-27-29-31-33-35-36-37-38-40-41-43-45-47-49-51-53-55-57-59-62-65-68-74(77)80-71-72(70-79-73(76)67-64-61-12-9-6-3)81-75(78)69-66-63-60-58-56-54-52-50-48-46-44-42-39-34-32-30-28-26-24-22-20-18-16-14-11-8-5-2/h20,22,25-28,72H,4-19,21,23-24,29-71H2,1-3H3/b22-20-,27-25-,28-26-. The summed E-state index contributed by atoms with van der Waals surface area (Å²) in [5, 5.41) is 0. The van der Waals surface area contributed by atoms with Crippen molar-refractivity contribution in [1.82, 2.24) is 0 Å². The third-order valence-electron chi connectivity index (χ3n) is 16.6. The van der Waals surface area contributed by atoms with Crippen molar-refractivity contribution in [3.8, 4) is 0 Å². The normalized spacial score (nSPS) is 12.2. The number of hydrogen-bond acceptors (Lipinski definition) is 6. The first-order valence-corrected chi connectivity index (χ1v) is 36.5. The molecule has 0 amide bonds. The summed E-state index contributed by atoms with van der Waals surface area (Å²) in [6.07, 6.45) is 88.2. The van der Waals surface area contributed by atoms with Gasteiger partial charge in [-0.15, -0.1) is 0 Å². The maximum absolute atomic E-state index is 12.9. The van der Waals surface area contributed by atoms with Crippen molar-refractivity contribution in [3.05, 3.63) is 36.5 Å². The highest BCUT2D eigenvalue weighted by molar-refractivity contribution is 5.71. The second kappa shape index (κ2) is 70.1. The molecule has 0 aromatic heterocycles. The van der Waals surface area contributed by atoms with Crippen LogP contribution in [0.3, 0.4) is 0 Å². The molecule has 0 fully saturated rings. The van der Waals surface area contributed by atoms with Crippen molar-refractivity contribution < 1.29 is 28.6 Å². The van der Waals surface area contributed by atoms with Crippen molar-refractivity contribution in [3.63, 3.8) is 0 Å². The molecule has 0 radical (unpaired) electrons. The van der Waals surface area contributed by atoms with Crippen LogP contribution in [0, 0.1) is 0 Å². The summed E-state index contributed by atoms with van der Waals surface area (Å²) >= 11 is 0. The lowest BCUT2D eigenvalue weighted by atomic mass is 10.0. The van der Waals surface area contributed by atoms with Crippen LogP contribution < -0.4 is 0 Å². The van der Waals surface area contributed by atoms with Crippen LogP contribution in [0.2, 0.25) is 0 Å². The Morgan fingerprint density at radius 1 is 0.247 bits per heavy atom. The van der Waals surface area contributed by atoms with E-state index in [1.807, 2.05) is 0 Å². The second-order valence-electron chi connectivity index (χ2n) is 24.9. The maximum atomic E-state index is 12.9. The van der Waals surface area contributed by atoms with Gasteiger partial charge in [0, 0.05) is 19.3 Å². The molecule has 0 aliphatic rings. The molecular formula is C75H140O6. The first-order valence-electron chi connectivity index (χ1n) is 36.5. The maximum Gasteiger partial charge on any atom is 0.306 e. The summed E-state index contributed by atoms with van der Waals surface area (Å²) in [5.41, 5.74) is 0. The van der Waals surface area contributed by atoms with Gasteiger partial charge in [0.1, 0.15) is 13.2 Å². The van der Waals surface area contributed by atoms with E-state index in [1.165, 1.54) is 295 Å². The zero-order chi connectivity index (χ0) is 58.5. The minimum absolute atomic E-state index is 0.0671. The van der Waals surface area contributed by atoms with Crippen LogP contribution in [0.15, 0.2) is 36.5 Å². The highest BCUT2D eigenvalue weighted by atomic mass is 16.6. The molecule has 0 saturated carbocycles. The molecule has 81 heavy (non-hydrogen) atoms. The summed E-state index contributed by atoms with van der Waals surface area (Å²) in [6.45, 7) is 6.61. The highest BCUT2D eigenvalue weighted by Crippen LogP contribution is 2.19. The lowest BCUT2D eigenvalue weighted by Crippen LogP contribution is -2.30. The van der Waals surface area contributed by atoms with Crippen molar-refractivity contribution in [1.29, 1.82) is 0 Å². The number of carbonyl (C=O) groups is 3. The number of hydrogen-bond donors (Lipinski definition) is 0. The van der Waals surface area contributed by atoms with Gasteiger partial charge < -0.3 is 14.2 Å². The number of rotatable bonds is 68. The highest BCUT2D eigenvalue weighted by Gasteiger charge is 2.19. The predicted octanol–water partition coefficient (Wildman–Crippen LogP) is 25.1. The zero-order valence-electron chi connectivity index (χ0n) is 54.8. The van der Waals surface area contributed by atoms with E-state index in [2.05, 4.69) is 57.2 Å². The van der Waals surface area contributed by atoms with Gasteiger partial charge in [-0.2, -0.15) is 0 Å². The van der Waals surface area contributed by atoms with E-state index < -0.39 is 6.10 Å². The molecule has 1 atom stereocenters. The fourth-order valence-electron chi connectivity index (χ4n) is 11.1. The molecule has 0 saturated heterocycles. The van der Waals surface area contributed by atoms with Crippen molar-refractivity contribution >= 4 is 17.9 Å². The molecule has 6 heteroatoms. The average Bonchev–Trinajstić information content (AvgIpc) is 3.47. The first-order chi connectivity index (χ1) is 40.0. The predicted molar refractivity (Wildman–Crippen MR) is 353 cm³/mol. The van der Waals surface area contributed by atoms with Gasteiger partial charge in [-0.05, 0) is 77.0 Å². The number of ether oxygens (including phenoxy) is 3. The largest absolute Gasteiger partial charge is 0.462 e. The Balaban J connectivity index is 3.90. The minimum Gasteiger partial charge on any atom is -0.462 e. The Morgan fingerprint density at radius 2 is 0.444 bits per heavy atom. The number of allylic oxidation sites excluding steroid dienone is 6. The van der Waals surface area contributed by atoms with Gasteiger partial charge in [0.05, 0.1) is 0 Å². The SMILES string of the molecule is CCCCCCC/C=C\C/C=C\CCCCCCCCCCCCCCCCCC(=O)OC(COC(=O)CCCCCCC)COC(=O)CCCCCCCCCCCCCCCCCCCCC/C=C\CCCCCCCCCC. The van der Waals surface area contributed by atoms with Gasteiger partial charge in [0.15, 0.2) is 6.10 Å². The lowest BCUT2D eigenvalue weighted by molar-refractivity contribution is -0.167. The Labute approximate surface area is 506 Å². The average molecular weight is 1140 g/mol. The third-order valence-corrected chi connectivity index (χ3v) is 16.6. The van der Waals surface area contributed by atoms with E-state index in [0.717, 1.165) is 70.6 Å². The quantitative estimate of drug-likeness (QED) is 0.0261. The van der Waals surface area contributed by atoms with Gasteiger partial charge in [-0.3, -0.25) is 14.4 Å². The van der Waals surface area contributed by atoms with E-state index in [9.17, 15) is 14.4 Å². The molecule has 1 unspecified atom stereocenters. The Bertz CT molecular complexity index is 1350. The number of carbonyl (C=O) groups excluding carboxylic acids is 3. The zero-order valence-corrected chi connectivity index (χ0v) is 54.8. The fourth-order valence-corrected chi connectivity index (χ4v) is 11.1. The molecule has 0 aromatic rings. The monoisotopic (exact) mass is 1140 g/mol. The molecule has 6 nitrogen and oxygen atoms in total. The molecule has 0 heterocycles. The molecule has 0 spiro atoms. The minimum atomic E-state index is -0.767. The van der Waals surface area contributed by atoms with Crippen LogP contribution in [0.1, 0.15) is 406 Å². The molecular weight excluding hydrogens is 997 g/mol. The van der Waals surface area contributed by atoms with Gasteiger partial charge in [-0.1, -0.05) is 346 Å². The molecule has 0 rings (SSSR count). The van der Waals surface area contributed by atoms with Crippen LogP contribution in [0.5, 0.6) is 0 Å². The smallest absolute Gasteiger partial charge is 0.306 e. The van der Waals surface area contributed by atoms with Crippen LogP contribution in [0.25, 0.3) is 0 Å². The van der Waals surface area contributed by atoms with Gasteiger partial charge in [0.25, 0.3) is 0 Å². The number of esters is 3. The second-order valence-corrected chi connectivity index (χ2v) is 24.9. The number of unbranched alkanes of at least 4 members (excludes halogenated alkanes) is 51. The third kappa shape index (κ3) is 68.3. The molecule has 0 aliphatic heterocycles. The summed E-state index contributed by atoms with van der Waals surface area (Å²) in [7, 11) is 0. The van der Waals surface area contributed by atoms with Crippen LogP contribution >= 0.6 is 0 Å². The van der Waals surface area contributed by atoms with Crippen LogP contribution in [0.4, 0.5) is 0 Å². The van der Waals surface area contributed by atoms with Gasteiger partial charge in [-0.25, -0.2) is 0 Å².